The quantitative estimate of drug-likeness (QED) is 0.502. The van der Waals surface area contributed by atoms with Crippen molar-refractivity contribution in [2.75, 3.05) is 6.54 Å². The van der Waals surface area contributed by atoms with E-state index < -0.39 is 11.7 Å². The molecule has 0 aliphatic rings. The van der Waals surface area contributed by atoms with Crippen molar-refractivity contribution < 1.29 is 14.4 Å². The highest BCUT2D eigenvalue weighted by molar-refractivity contribution is 6.44. The van der Waals surface area contributed by atoms with Gasteiger partial charge in [-0.1, -0.05) is 48.5 Å². The number of ketones is 1. The van der Waals surface area contributed by atoms with Gasteiger partial charge in [0.1, 0.15) is 6.54 Å². The summed E-state index contributed by atoms with van der Waals surface area (Å²) >= 11 is 0. The number of nitrogens with two attached hydrogens (primary N) is 1. The first-order chi connectivity index (χ1) is 12.6. The minimum atomic E-state index is -1.01. The molecule has 2 aromatic carbocycles. The van der Waals surface area contributed by atoms with Crippen LogP contribution in [-0.2, 0) is 22.6 Å². The summed E-state index contributed by atoms with van der Waals surface area (Å²) in [6.45, 7) is 0.580. The van der Waals surface area contributed by atoms with Crippen molar-refractivity contribution in [2.24, 2.45) is 5.73 Å². The Morgan fingerprint density at radius 2 is 1.65 bits per heavy atom. The van der Waals surface area contributed by atoms with Crippen LogP contribution in [0.3, 0.4) is 0 Å². The van der Waals surface area contributed by atoms with E-state index in [9.17, 15) is 14.4 Å². The molecule has 3 rings (SSSR count). The van der Waals surface area contributed by atoms with Crippen molar-refractivity contribution in [3.8, 4) is 0 Å². The molecule has 0 fully saturated rings. The van der Waals surface area contributed by atoms with Crippen LogP contribution >= 0.6 is 0 Å². The van der Waals surface area contributed by atoms with Crippen molar-refractivity contribution in [1.29, 1.82) is 0 Å². The summed E-state index contributed by atoms with van der Waals surface area (Å²) in [5.41, 5.74) is 7.18. The molecule has 0 unspecified atom stereocenters. The fourth-order valence-corrected chi connectivity index (χ4v) is 2.89. The highest BCUT2D eigenvalue weighted by Gasteiger charge is 2.19. The highest BCUT2D eigenvalue weighted by atomic mass is 16.2. The minimum Gasteiger partial charge on any atom is -0.363 e. The molecule has 0 atom stereocenters. The van der Waals surface area contributed by atoms with Crippen molar-refractivity contribution in [3.63, 3.8) is 0 Å². The molecule has 0 spiro atoms. The molecule has 6 heteroatoms. The summed E-state index contributed by atoms with van der Waals surface area (Å²) < 4.78 is 1.66. The van der Waals surface area contributed by atoms with Crippen molar-refractivity contribution in [1.82, 2.24) is 9.88 Å². The Labute approximate surface area is 150 Å². The largest absolute Gasteiger partial charge is 0.363 e. The van der Waals surface area contributed by atoms with Gasteiger partial charge in [-0.25, -0.2) is 0 Å². The van der Waals surface area contributed by atoms with Crippen molar-refractivity contribution in [2.45, 2.75) is 13.0 Å². The molecular formula is C20H19N3O3. The third-order valence-electron chi connectivity index (χ3n) is 4.15. The average Bonchev–Trinajstić information content (AvgIpc) is 3.00. The summed E-state index contributed by atoms with van der Waals surface area (Å²) in [4.78, 5) is 35.5. The van der Waals surface area contributed by atoms with Gasteiger partial charge in [0.2, 0.25) is 5.91 Å². The van der Waals surface area contributed by atoms with Gasteiger partial charge in [-0.15, -0.1) is 0 Å². The smallest absolute Gasteiger partial charge is 0.289 e. The Hall–Kier alpha value is -3.41. The molecule has 26 heavy (non-hydrogen) atoms. The molecule has 2 amide bonds. The molecule has 3 aromatic rings. The number of rotatable bonds is 7. The number of amides is 2. The molecule has 1 heterocycles. The van der Waals surface area contributed by atoms with Gasteiger partial charge in [0.25, 0.3) is 11.7 Å². The molecule has 0 saturated carbocycles. The lowest BCUT2D eigenvalue weighted by Gasteiger charge is -2.07. The van der Waals surface area contributed by atoms with E-state index in [0.29, 0.717) is 17.4 Å². The lowest BCUT2D eigenvalue weighted by atomic mass is 10.1. The molecule has 0 saturated heterocycles. The third-order valence-corrected chi connectivity index (χ3v) is 4.15. The second-order valence-corrected chi connectivity index (χ2v) is 5.97. The van der Waals surface area contributed by atoms with E-state index in [1.165, 1.54) is 6.20 Å². The number of fused-ring (bicyclic) bond motifs is 1. The van der Waals surface area contributed by atoms with E-state index in [0.717, 1.165) is 12.0 Å². The van der Waals surface area contributed by atoms with Crippen molar-refractivity contribution >= 4 is 28.5 Å². The van der Waals surface area contributed by atoms with E-state index in [4.69, 9.17) is 5.73 Å². The average molecular weight is 349 g/mol. The number of benzene rings is 2. The van der Waals surface area contributed by atoms with Crippen LogP contribution in [0.15, 0.2) is 60.8 Å². The second kappa shape index (κ2) is 7.65. The maximum atomic E-state index is 12.3. The van der Waals surface area contributed by atoms with Crippen LogP contribution in [-0.4, -0.2) is 28.7 Å². The standard InChI is InChI=1S/C20H19N3O3/c21-20(26)19(25)16-12-23(17-9-5-4-8-15(16)17)13-18(24)22-11-10-14-6-2-1-3-7-14/h1-9,12H,10-11,13H2,(H2,21,26)(H,22,24). The summed E-state index contributed by atoms with van der Waals surface area (Å²) in [7, 11) is 0. The normalized spacial score (nSPS) is 10.6. The second-order valence-electron chi connectivity index (χ2n) is 5.97. The molecule has 1 aromatic heterocycles. The molecule has 3 N–H and O–H groups in total. The van der Waals surface area contributed by atoms with Gasteiger partial charge in [0.15, 0.2) is 0 Å². The van der Waals surface area contributed by atoms with E-state index in [2.05, 4.69) is 5.32 Å². The molecular weight excluding hydrogens is 330 g/mol. The Morgan fingerprint density at radius 1 is 0.962 bits per heavy atom. The number of primary amides is 1. The van der Waals surface area contributed by atoms with Gasteiger partial charge in [0.05, 0.1) is 5.56 Å². The molecule has 0 radical (unpaired) electrons. The topological polar surface area (TPSA) is 94.2 Å². The van der Waals surface area contributed by atoms with Gasteiger partial charge >= 0.3 is 0 Å². The molecule has 0 aliphatic carbocycles. The Kier molecular flexibility index (Phi) is 5.12. The van der Waals surface area contributed by atoms with Crippen LogP contribution in [0.5, 0.6) is 0 Å². The number of hydrogen-bond donors (Lipinski definition) is 2. The van der Waals surface area contributed by atoms with E-state index in [1.807, 2.05) is 36.4 Å². The zero-order valence-corrected chi connectivity index (χ0v) is 14.1. The lowest BCUT2D eigenvalue weighted by Crippen LogP contribution is -2.29. The van der Waals surface area contributed by atoms with Crippen molar-refractivity contribution in [3.05, 3.63) is 71.9 Å². The van der Waals surface area contributed by atoms with Crippen LogP contribution in [0.4, 0.5) is 0 Å². The van der Waals surface area contributed by atoms with Gasteiger partial charge in [-0.05, 0) is 18.1 Å². The lowest BCUT2D eigenvalue weighted by molar-refractivity contribution is -0.121. The number of carbonyl (C=O) groups excluding carboxylic acids is 3. The first kappa shape index (κ1) is 17.4. The van der Waals surface area contributed by atoms with Crippen LogP contribution in [0, 0.1) is 0 Å². The fourth-order valence-electron chi connectivity index (χ4n) is 2.89. The predicted octanol–water partition coefficient (Wildman–Crippen LogP) is 1.67. The summed E-state index contributed by atoms with van der Waals surface area (Å²) in [5.74, 6) is -1.94. The number of carbonyl (C=O) groups is 3. The summed E-state index contributed by atoms with van der Waals surface area (Å²) in [6, 6.07) is 17.0. The minimum absolute atomic E-state index is 0.0569. The monoisotopic (exact) mass is 349 g/mol. The zero-order chi connectivity index (χ0) is 18.5. The van der Waals surface area contributed by atoms with Crippen LogP contribution in [0.25, 0.3) is 10.9 Å². The number of aromatic nitrogens is 1. The SMILES string of the molecule is NC(=O)C(=O)c1cn(CC(=O)NCCc2ccccc2)c2ccccc12. The van der Waals surface area contributed by atoms with Crippen LogP contribution in [0.1, 0.15) is 15.9 Å². The first-order valence-corrected chi connectivity index (χ1v) is 8.29. The van der Waals surface area contributed by atoms with E-state index in [1.54, 1.807) is 22.8 Å². The van der Waals surface area contributed by atoms with Gasteiger partial charge in [-0.2, -0.15) is 0 Å². The molecule has 0 bridgehead atoms. The highest BCUT2D eigenvalue weighted by Crippen LogP contribution is 2.21. The van der Waals surface area contributed by atoms with Crippen LogP contribution in [0.2, 0.25) is 0 Å². The molecule has 6 nitrogen and oxygen atoms in total. The molecule has 0 aliphatic heterocycles. The maximum Gasteiger partial charge on any atom is 0.289 e. The number of nitrogens with zero attached hydrogens (tertiary/aromatic N) is 1. The summed E-state index contributed by atoms with van der Waals surface area (Å²) in [6.07, 6.45) is 2.25. The number of hydrogen-bond acceptors (Lipinski definition) is 3. The Morgan fingerprint density at radius 3 is 2.38 bits per heavy atom. The summed E-state index contributed by atoms with van der Waals surface area (Å²) in [5, 5.41) is 3.47. The number of Topliss-reactive ketones (excluding diaryl/α,β-unsaturated/α-hetero) is 1. The maximum absolute atomic E-state index is 12.3. The fraction of sp³-hybridized carbons (Fsp3) is 0.150. The Balaban J connectivity index is 1.71. The number of para-hydroxylation sites is 1. The number of nitrogens with one attached hydrogen (secondary N) is 1. The van der Waals surface area contributed by atoms with Gasteiger partial charge in [0, 0.05) is 23.6 Å². The Bertz CT molecular complexity index is 961. The van der Waals surface area contributed by atoms with Gasteiger partial charge in [-0.3, -0.25) is 14.4 Å². The zero-order valence-electron chi connectivity index (χ0n) is 14.1. The third kappa shape index (κ3) is 3.80. The van der Waals surface area contributed by atoms with Crippen LogP contribution < -0.4 is 11.1 Å². The first-order valence-electron chi connectivity index (χ1n) is 8.29. The van der Waals surface area contributed by atoms with E-state index >= 15 is 0 Å². The molecule has 132 valence electrons. The van der Waals surface area contributed by atoms with E-state index in [-0.39, 0.29) is 18.0 Å². The van der Waals surface area contributed by atoms with Gasteiger partial charge < -0.3 is 15.6 Å². The predicted molar refractivity (Wildman–Crippen MR) is 98.6 cm³/mol.